The fourth-order valence-corrected chi connectivity index (χ4v) is 4.33. The molecule has 2 aromatic rings. The highest BCUT2D eigenvalue weighted by Gasteiger charge is 2.46. The number of hydrogen-bond donors (Lipinski definition) is 0. The van der Waals surface area contributed by atoms with Crippen LogP contribution in [0.1, 0.15) is 41.6 Å². The monoisotopic (exact) mass is 410 g/mol. The molecular weight excluding hydrogens is 384 g/mol. The number of aryl methyl sites for hydroxylation is 1. The highest BCUT2D eigenvalue weighted by molar-refractivity contribution is 6.01. The summed E-state index contributed by atoms with van der Waals surface area (Å²) < 4.78 is 22.3. The van der Waals surface area contributed by atoms with Gasteiger partial charge >= 0.3 is 5.97 Å². The lowest BCUT2D eigenvalue weighted by Crippen LogP contribution is -2.44. The quantitative estimate of drug-likeness (QED) is 0.637. The Labute approximate surface area is 176 Å². The molecule has 1 saturated carbocycles. The summed E-state index contributed by atoms with van der Waals surface area (Å²) in [6.45, 7) is 0.208. The molecule has 0 saturated heterocycles. The first-order chi connectivity index (χ1) is 14.5. The van der Waals surface area contributed by atoms with Gasteiger partial charge in [0, 0.05) is 17.5 Å². The molecule has 0 N–H and O–H groups in total. The molecule has 0 radical (unpaired) electrons. The lowest BCUT2D eigenvalue weighted by atomic mass is 9.69. The Bertz CT molecular complexity index is 989. The molecule has 0 aromatic heterocycles. The maximum absolute atomic E-state index is 12.3. The van der Waals surface area contributed by atoms with Gasteiger partial charge in [0.05, 0.1) is 21.3 Å². The Hall–Kier alpha value is -3.02. The topological polar surface area (TPSA) is 71.1 Å². The number of methoxy groups -OCH3 is 3. The minimum Gasteiger partial charge on any atom is -0.493 e. The number of ketones is 1. The Morgan fingerprint density at radius 2 is 1.73 bits per heavy atom. The van der Waals surface area contributed by atoms with E-state index in [4.69, 9.17) is 18.9 Å². The van der Waals surface area contributed by atoms with E-state index in [0.29, 0.717) is 23.7 Å². The van der Waals surface area contributed by atoms with Crippen LogP contribution >= 0.6 is 0 Å². The zero-order valence-corrected chi connectivity index (χ0v) is 17.6. The number of carbonyl (C=O) groups is 2. The van der Waals surface area contributed by atoms with Crippen LogP contribution in [0, 0.1) is 5.41 Å². The number of rotatable bonds is 7. The van der Waals surface area contributed by atoms with E-state index in [1.54, 1.807) is 14.2 Å². The number of fused-ring (bicyclic) bond motifs is 1. The third-order valence-electron chi connectivity index (χ3n) is 6.26. The smallest absolute Gasteiger partial charge is 0.315 e. The molecule has 0 spiro atoms. The van der Waals surface area contributed by atoms with Gasteiger partial charge in [-0.1, -0.05) is 24.6 Å². The highest BCUT2D eigenvalue weighted by atomic mass is 16.5. The predicted molar refractivity (Wildman–Crippen MR) is 111 cm³/mol. The first-order valence-electron chi connectivity index (χ1n) is 10.2. The molecule has 0 atom stereocenters. The minimum absolute atomic E-state index is 0.185. The molecule has 0 amide bonds. The van der Waals surface area contributed by atoms with Crippen LogP contribution in [0.5, 0.6) is 17.2 Å². The van der Waals surface area contributed by atoms with Gasteiger partial charge in [0.15, 0.2) is 17.3 Å². The number of esters is 1. The molecule has 2 aromatic carbocycles. The third-order valence-corrected chi connectivity index (χ3v) is 6.26. The molecule has 158 valence electrons. The largest absolute Gasteiger partial charge is 0.493 e. The van der Waals surface area contributed by atoms with Gasteiger partial charge in [-0.3, -0.25) is 9.59 Å². The van der Waals surface area contributed by atoms with Gasteiger partial charge in [0.2, 0.25) is 5.75 Å². The number of benzene rings is 2. The first-order valence-corrected chi connectivity index (χ1v) is 10.2. The van der Waals surface area contributed by atoms with Gasteiger partial charge in [-0.05, 0) is 42.5 Å². The normalized spacial score (nSPS) is 16.4. The van der Waals surface area contributed by atoms with Crippen LogP contribution in [-0.2, 0) is 16.0 Å². The second-order valence-corrected chi connectivity index (χ2v) is 7.89. The van der Waals surface area contributed by atoms with E-state index in [9.17, 15) is 9.59 Å². The zero-order valence-electron chi connectivity index (χ0n) is 17.6. The summed E-state index contributed by atoms with van der Waals surface area (Å²) in [5, 5.41) is 0. The maximum atomic E-state index is 12.3. The van der Waals surface area contributed by atoms with E-state index in [2.05, 4.69) is 0 Å². The maximum Gasteiger partial charge on any atom is 0.315 e. The van der Waals surface area contributed by atoms with Crippen molar-refractivity contribution in [1.82, 2.24) is 0 Å². The summed E-state index contributed by atoms with van der Waals surface area (Å²) in [4.78, 5) is 24.3. The summed E-state index contributed by atoms with van der Waals surface area (Å²) in [6.07, 6.45) is 3.75. The van der Waals surface area contributed by atoms with Crippen molar-refractivity contribution in [2.24, 2.45) is 5.41 Å². The van der Waals surface area contributed by atoms with Gasteiger partial charge in [-0.25, -0.2) is 0 Å². The molecule has 0 aliphatic heterocycles. The van der Waals surface area contributed by atoms with Crippen LogP contribution < -0.4 is 14.2 Å². The third kappa shape index (κ3) is 3.30. The van der Waals surface area contributed by atoms with E-state index in [1.807, 2.05) is 30.3 Å². The van der Waals surface area contributed by atoms with Crippen LogP contribution in [0.2, 0.25) is 0 Å². The Morgan fingerprint density at radius 3 is 2.37 bits per heavy atom. The number of ether oxygens (including phenoxy) is 4. The molecule has 6 heteroatoms. The molecule has 0 bridgehead atoms. The number of hydrogen-bond acceptors (Lipinski definition) is 6. The van der Waals surface area contributed by atoms with Crippen molar-refractivity contribution >= 4 is 11.8 Å². The molecular formula is C24H26O6. The van der Waals surface area contributed by atoms with Crippen LogP contribution in [0.4, 0.5) is 0 Å². The lowest BCUT2D eigenvalue weighted by molar-refractivity contribution is -0.161. The fourth-order valence-electron chi connectivity index (χ4n) is 4.33. The Morgan fingerprint density at radius 1 is 0.967 bits per heavy atom. The standard InChI is InChI=1S/C24H26O6/c1-27-20-10-8-18(16-5-7-17-15(13-16)6-9-19(17)25)21(22(20)28-2)30-14-24(11-4-12-24)23(26)29-3/h5,7-8,10,13H,4,6,9,11-12,14H2,1-3H3. The summed E-state index contributed by atoms with van der Waals surface area (Å²) >= 11 is 0. The van der Waals surface area contributed by atoms with E-state index in [-0.39, 0.29) is 18.4 Å². The molecule has 1 fully saturated rings. The summed E-state index contributed by atoms with van der Waals surface area (Å²) in [5.41, 5.74) is 2.98. The van der Waals surface area contributed by atoms with Gasteiger partial charge in [0.25, 0.3) is 0 Å². The van der Waals surface area contributed by atoms with Gasteiger partial charge < -0.3 is 18.9 Å². The minimum atomic E-state index is -0.621. The average Bonchev–Trinajstić information content (AvgIpc) is 3.12. The van der Waals surface area contributed by atoms with Crippen LogP contribution in [0.3, 0.4) is 0 Å². The number of Topliss-reactive ketones (excluding diaryl/α,β-unsaturated/α-hetero) is 1. The summed E-state index contributed by atoms with van der Waals surface area (Å²) in [6, 6.07) is 9.59. The van der Waals surface area contributed by atoms with Crippen molar-refractivity contribution in [3.05, 3.63) is 41.5 Å². The van der Waals surface area contributed by atoms with Gasteiger partial charge in [-0.2, -0.15) is 0 Å². The molecule has 6 nitrogen and oxygen atoms in total. The highest BCUT2D eigenvalue weighted by Crippen LogP contribution is 2.48. The van der Waals surface area contributed by atoms with E-state index in [1.165, 1.54) is 7.11 Å². The second kappa shape index (κ2) is 8.01. The Kier molecular flexibility index (Phi) is 5.41. The van der Waals surface area contributed by atoms with Gasteiger partial charge in [-0.15, -0.1) is 0 Å². The van der Waals surface area contributed by atoms with Crippen LogP contribution in [0.15, 0.2) is 30.3 Å². The lowest BCUT2D eigenvalue weighted by Gasteiger charge is -2.38. The molecule has 2 aliphatic rings. The molecule has 0 unspecified atom stereocenters. The van der Waals surface area contributed by atoms with Crippen molar-refractivity contribution in [2.45, 2.75) is 32.1 Å². The summed E-state index contributed by atoms with van der Waals surface area (Å²) in [5.74, 6) is 1.49. The summed E-state index contributed by atoms with van der Waals surface area (Å²) in [7, 11) is 4.55. The van der Waals surface area contributed by atoms with Crippen molar-refractivity contribution in [3.8, 4) is 28.4 Å². The van der Waals surface area contributed by atoms with E-state index >= 15 is 0 Å². The first kappa shape index (κ1) is 20.3. The fraction of sp³-hybridized carbons (Fsp3) is 0.417. The second-order valence-electron chi connectivity index (χ2n) is 7.89. The SMILES string of the molecule is COC(=O)C1(COc2c(-c3ccc4c(c3)CCC4=O)ccc(OC)c2OC)CCC1. The van der Waals surface area contributed by atoms with E-state index in [0.717, 1.165) is 47.9 Å². The van der Waals surface area contributed by atoms with Crippen molar-refractivity contribution in [1.29, 1.82) is 0 Å². The average molecular weight is 410 g/mol. The molecule has 30 heavy (non-hydrogen) atoms. The molecule has 0 heterocycles. The van der Waals surface area contributed by atoms with E-state index < -0.39 is 5.41 Å². The molecule has 4 rings (SSSR count). The van der Waals surface area contributed by atoms with Crippen molar-refractivity contribution < 1.29 is 28.5 Å². The van der Waals surface area contributed by atoms with Gasteiger partial charge in [0.1, 0.15) is 12.0 Å². The van der Waals surface area contributed by atoms with Crippen LogP contribution in [0.25, 0.3) is 11.1 Å². The Balaban J connectivity index is 1.74. The zero-order chi connectivity index (χ0) is 21.3. The van der Waals surface area contributed by atoms with Crippen molar-refractivity contribution in [2.75, 3.05) is 27.9 Å². The van der Waals surface area contributed by atoms with Crippen molar-refractivity contribution in [3.63, 3.8) is 0 Å². The number of carbonyl (C=O) groups excluding carboxylic acids is 2. The predicted octanol–water partition coefficient (Wildman–Crippen LogP) is 4.22. The molecule has 2 aliphatic carbocycles. The van der Waals surface area contributed by atoms with Crippen LogP contribution in [-0.4, -0.2) is 39.7 Å².